The molecule has 1 unspecified atom stereocenters. The first-order valence-corrected chi connectivity index (χ1v) is 14.9. The monoisotopic (exact) mass is 512 g/mol. The fraction of sp³-hybridized carbons (Fsp3) is 0.704. The Hall–Kier alpha value is -1.19. The van der Waals surface area contributed by atoms with Gasteiger partial charge in [-0.25, -0.2) is 9.97 Å². The Bertz CT molecular complexity index is 1000. The van der Waals surface area contributed by atoms with Gasteiger partial charge >= 0.3 is 0 Å². The number of likely N-dealkylation sites (tertiary alicyclic amines) is 1. The van der Waals surface area contributed by atoms with Crippen LogP contribution in [0, 0.1) is 0 Å². The van der Waals surface area contributed by atoms with Gasteiger partial charge in [-0.05, 0) is 83.3 Å². The number of piperazine rings is 1. The van der Waals surface area contributed by atoms with E-state index in [1.54, 1.807) is 0 Å². The summed E-state index contributed by atoms with van der Waals surface area (Å²) in [5, 5.41) is 3.64. The molecule has 0 aromatic carbocycles. The van der Waals surface area contributed by atoms with Crippen molar-refractivity contribution in [2.75, 3.05) is 64.2 Å². The summed E-state index contributed by atoms with van der Waals surface area (Å²) in [6.07, 6.45) is 9.79. The maximum Gasteiger partial charge on any atom is 0.142 e. The van der Waals surface area contributed by atoms with E-state index in [1.165, 1.54) is 99.6 Å². The standard InChI is InChI=1S/C27H40N6S2/c1-30-9-7-20(8-10-30)27-29-25(18-35-27)24-17-33(34)26-23(24)15-21(16-28-26)19-3-5-22(6-4-19)32-13-11-31(2)12-14-32/h15-16,18-20,22,24,34H,3-14,17H2,1-2H3/t19-,22+,24?. The van der Waals surface area contributed by atoms with Gasteiger partial charge in [-0.2, -0.15) is 0 Å². The fourth-order valence-corrected chi connectivity index (χ4v) is 8.04. The van der Waals surface area contributed by atoms with Gasteiger partial charge in [0.25, 0.3) is 0 Å². The summed E-state index contributed by atoms with van der Waals surface area (Å²) < 4.78 is 2.03. The van der Waals surface area contributed by atoms with E-state index in [0.29, 0.717) is 11.8 Å². The zero-order valence-electron chi connectivity index (χ0n) is 21.3. The van der Waals surface area contributed by atoms with Crippen LogP contribution in [0.3, 0.4) is 0 Å². The van der Waals surface area contributed by atoms with Gasteiger partial charge in [0.05, 0.1) is 10.7 Å². The molecule has 190 valence electrons. The topological polar surface area (TPSA) is 38.7 Å². The molecule has 0 radical (unpaired) electrons. The molecule has 4 aliphatic rings. The van der Waals surface area contributed by atoms with Crippen LogP contribution in [0.5, 0.6) is 0 Å². The summed E-state index contributed by atoms with van der Waals surface area (Å²) in [5.41, 5.74) is 3.98. The van der Waals surface area contributed by atoms with Gasteiger partial charge in [0.2, 0.25) is 0 Å². The SMILES string of the molecule is CN1CCC(c2nc(C3CN(S)c4ncc([C@H]5CC[C@@H](N6CCN(C)CC6)CC5)cc43)cs2)CC1. The molecular weight excluding hydrogens is 472 g/mol. The number of anilines is 1. The molecular formula is C27H40N6S2. The van der Waals surface area contributed by atoms with Gasteiger partial charge in [0.1, 0.15) is 5.82 Å². The molecule has 0 amide bonds. The molecule has 5 heterocycles. The van der Waals surface area contributed by atoms with Crippen molar-refractivity contribution in [2.45, 2.75) is 62.3 Å². The number of nitrogens with zero attached hydrogens (tertiary/aromatic N) is 6. The summed E-state index contributed by atoms with van der Waals surface area (Å²) >= 11 is 6.63. The Morgan fingerprint density at radius 1 is 0.886 bits per heavy atom. The van der Waals surface area contributed by atoms with Crippen molar-refractivity contribution in [1.82, 2.24) is 24.7 Å². The van der Waals surface area contributed by atoms with Crippen molar-refractivity contribution in [3.63, 3.8) is 0 Å². The minimum Gasteiger partial charge on any atom is -0.306 e. The lowest BCUT2D eigenvalue weighted by Crippen LogP contribution is -2.49. The highest BCUT2D eigenvalue weighted by Gasteiger charge is 2.34. The van der Waals surface area contributed by atoms with Crippen molar-refractivity contribution >= 4 is 30.0 Å². The van der Waals surface area contributed by atoms with Crippen LogP contribution >= 0.6 is 24.2 Å². The molecule has 0 N–H and O–H groups in total. The highest BCUT2D eigenvalue weighted by molar-refractivity contribution is 7.81. The molecule has 1 atom stereocenters. The number of likely N-dealkylation sites (N-methyl/N-ethyl adjacent to an activating group) is 1. The Morgan fingerprint density at radius 2 is 1.60 bits per heavy atom. The van der Waals surface area contributed by atoms with E-state index in [4.69, 9.17) is 22.8 Å². The van der Waals surface area contributed by atoms with Crippen LogP contribution in [0.1, 0.15) is 78.1 Å². The molecule has 0 spiro atoms. The predicted octanol–water partition coefficient (Wildman–Crippen LogP) is 4.42. The lowest BCUT2D eigenvalue weighted by Gasteiger charge is -2.41. The first-order chi connectivity index (χ1) is 17.0. The second-order valence-corrected chi connectivity index (χ2v) is 12.7. The van der Waals surface area contributed by atoms with E-state index in [1.807, 2.05) is 15.6 Å². The summed E-state index contributed by atoms with van der Waals surface area (Å²) in [6.45, 7) is 8.12. The van der Waals surface area contributed by atoms with Crippen molar-refractivity contribution in [1.29, 1.82) is 0 Å². The number of hydrogen-bond acceptors (Lipinski definition) is 8. The van der Waals surface area contributed by atoms with Gasteiger partial charge in [-0.15, -0.1) is 11.3 Å². The fourth-order valence-electron chi connectivity index (χ4n) is 6.66. The first kappa shape index (κ1) is 24.2. The zero-order chi connectivity index (χ0) is 23.9. The van der Waals surface area contributed by atoms with Crippen molar-refractivity contribution < 1.29 is 0 Å². The Labute approximate surface area is 220 Å². The molecule has 35 heavy (non-hydrogen) atoms. The number of piperidine rings is 1. The molecule has 2 aromatic heterocycles. The highest BCUT2D eigenvalue weighted by atomic mass is 32.1. The van der Waals surface area contributed by atoms with Crippen LogP contribution in [0.25, 0.3) is 0 Å². The van der Waals surface area contributed by atoms with Crippen LogP contribution in [-0.2, 0) is 0 Å². The Morgan fingerprint density at radius 3 is 2.34 bits per heavy atom. The number of thiol groups is 1. The van der Waals surface area contributed by atoms with E-state index >= 15 is 0 Å². The third-order valence-electron chi connectivity index (χ3n) is 9.08. The van der Waals surface area contributed by atoms with Gasteiger partial charge in [0, 0.05) is 67.7 Å². The molecule has 6 nitrogen and oxygen atoms in total. The molecule has 2 aromatic rings. The van der Waals surface area contributed by atoms with Crippen molar-refractivity contribution in [3.05, 3.63) is 39.5 Å². The van der Waals surface area contributed by atoms with E-state index < -0.39 is 0 Å². The average Bonchev–Trinajstić information content (AvgIpc) is 3.50. The van der Waals surface area contributed by atoms with E-state index in [2.05, 4.69) is 46.4 Å². The second-order valence-electron chi connectivity index (χ2n) is 11.3. The lowest BCUT2D eigenvalue weighted by atomic mass is 9.81. The Balaban J connectivity index is 1.15. The van der Waals surface area contributed by atoms with Crippen LogP contribution in [0.4, 0.5) is 5.82 Å². The molecule has 3 aliphatic heterocycles. The number of pyridine rings is 1. The molecule has 6 rings (SSSR count). The zero-order valence-corrected chi connectivity index (χ0v) is 23.0. The number of thiazole rings is 1. The van der Waals surface area contributed by atoms with Crippen LogP contribution in [-0.4, -0.2) is 90.6 Å². The minimum atomic E-state index is 0.285. The number of aromatic nitrogens is 2. The summed E-state index contributed by atoms with van der Waals surface area (Å²) in [7, 11) is 4.47. The molecule has 0 bridgehead atoms. The van der Waals surface area contributed by atoms with Crippen LogP contribution in [0.15, 0.2) is 17.6 Å². The van der Waals surface area contributed by atoms with E-state index in [0.717, 1.165) is 18.4 Å². The molecule has 2 saturated heterocycles. The predicted molar refractivity (Wildman–Crippen MR) is 148 cm³/mol. The average molecular weight is 513 g/mol. The summed E-state index contributed by atoms with van der Waals surface area (Å²) in [5.74, 6) is 2.57. The van der Waals surface area contributed by atoms with Crippen LogP contribution < -0.4 is 4.31 Å². The third-order valence-corrected chi connectivity index (χ3v) is 10.5. The summed E-state index contributed by atoms with van der Waals surface area (Å²) in [6, 6.07) is 3.23. The maximum atomic E-state index is 5.19. The second kappa shape index (κ2) is 10.3. The Kier molecular flexibility index (Phi) is 7.10. The largest absolute Gasteiger partial charge is 0.306 e. The molecule has 8 heteroatoms. The number of hydrogen-bond donors (Lipinski definition) is 1. The summed E-state index contributed by atoms with van der Waals surface area (Å²) in [4.78, 5) is 17.7. The first-order valence-electron chi connectivity index (χ1n) is 13.6. The minimum absolute atomic E-state index is 0.285. The maximum absolute atomic E-state index is 5.19. The normalized spacial score (nSPS) is 29.6. The quantitative estimate of drug-likeness (QED) is 0.612. The van der Waals surface area contributed by atoms with Crippen molar-refractivity contribution in [3.8, 4) is 0 Å². The van der Waals surface area contributed by atoms with Gasteiger partial charge in [-0.1, -0.05) is 12.8 Å². The van der Waals surface area contributed by atoms with Gasteiger partial charge in [0.15, 0.2) is 0 Å². The van der Waals surface area contributed by atoms with Gasteiger partial charge < -0.3 is 14.1 Å². The molecule has 3 fully saturated rings. The number of rotatable bonds is 4. The smallest absolute Gasteiger partial charge is 0.142 e. The van der Waals surface area contributed by atoms with E-state index in [-0.39, 0.29) is 5.92 Å². The third kappa shape index (κ3) is 5.01. The number of fused-ring (bicyclic) bond motifs is 1. The lowest BCUT2D eigenvalue weighted by molar-refractivity contribution is 0.0878. The molecule has 1 aliphatic carbocycles. The van der Waals surface area contributed by atoms with Gasteiger partial charge in [-0.3, -0.25) is 4.90 Å². The van der Waals surface area contributed by atoms with Crippen molar-refractivity contribution in [2.24, 2.45) is 0 Å². The molecule has 1 saturated carbocycles. The van der Waals surface area contributed by atoms with E-state index in [9.17, 15) is 0 Å². The van der Waals surface area contributed by atoms with Crippen LogP contribution in [0.2, 0.25) is 0 Å². The highest BCUT2D eigenvalue weighted by Crippen LogP contribution is 2.44.